The Kier molecular flexibility index (Phi) is 2.95. The lowest BCUT2D eigenvalue weighted by Crippen LogP contribution is -1.93. The van der Waals surface area contributed by atoms with Gasteiger partial charge in [-0.05, 0) is 24.1 Å². The van der Waals surface area contributed by atoms with Crippen LogP contribution in [0.4, 0.5) is 0 Å². The van der Waals surface area contributed by atoms with E-state index in [1.54, 1.807) is 7.11 Å². The second-order valence-electron chi connectivity index (χ2n) is 3.82. The van der Waals surface area contributed by atoms with E-state index in [0.29, 0.717) is 6.42 Å². The van der Waals surface area contributed by atoms with E-state index < -0.39 is 0 Å². The molecular weight excluding hydrogens is 202 g/mol. The second kappa shape index (κ2) is 4.39. The average molecular weight is 217 g/mol. The number of aromatic nitrogens is 1. The first-order valence-electron chi connectivity index (χ1n) is 5.32. The van der Waals surface area contributed by atoms with Crippen molar-refractivity contribution in [3.63, 3.8) is 0 Å². The van der Waals surface area contributed by atoms with Gasteiger partial charge in [0, 0.05) is 25.1 Å². The van der Waals surface area contributed by atoms with Crippen molar-refractivity contribution in [2.45, 2.75) is 12.8 Å². The van der Waals surface area contributed by atoms with Gasteiger partial charge in [0.15, 0.2) is 0 Å². The summed E-state index contributed by atoms with van der Waals surface area (Å²) in [5.41, 5.74) is 2.29. The molecule has 1 aromatic carbocycles. The summed E-state index contributed by atoms with van der Waals surface area (Å²) in [4.78, 5) is 10.4. The van der Waals surface area contributed by atoms with Crippen molar-refractivity contribution in [3.05, 3.63) is 30.0 Å². The first-order valence-corrected chi connectivity index (χ1v) is 5.32. The predicted octanol–water partition coefficient (Wildman–Crippen LogP) is 2.32. The fourth-order valence-corrected chi connectivity index (χ4v) is 2.04. The Morgan fingerprint density at radius 2 is 2.19 bits per heavy atom. The van der Waals surface area contributed by atoms with Gasteiger partial charge in [-0.25, -0.2) is 0 Å². The van der Waals surface area contributed by atoms with Crippen LogP contribution in [0.1, 0.15) is 12.0 Å². The molecule has 0 N–H and O–H groups in total. The third kappa shape index (κ3) is 1.69. The Morgan fingerprint density at radius 3 is 2.88 bits per heavy atom. The maximum atomic E-state index is 10.4. The molecule has 0 amide bonds. The van der Waals surface area contributed by atoms with Crippen molar-refractivity contribution < 1.29 is 9.53 Å². The number of hydrogen-bond donors (Lipinski definition) is 0. The summed E-state index contributed by atoms with van der Waals surface area (Å²) in [6.07, 6.45) is 4.32. The quantitative estimate of drug-likeness (QED) is 0.736. The number of fused-ring (bicyclic) bond motifs is 1. The van der Waals surface area contributed by atoms with E-state index in [0.717, 1.165) is 24.0 Å². The molecule has 0 spiro atoms. The first kappa shape index (κ1) is 10.7. The van der Waals surface area contributed by atoms with Gasteiger partial charge in [-0.15, -0.1) is 0 Å². The molecule has 16 heavy (non-hydrogen) atoms. The molecule has 2 aromatic rings. The first-order chi connectivity index (χ1) is 7.77. The van der Waals surface area contributed by atoms with Gasteiger partial charge in [0.25, 0.3) is 0 Å². The summed E-state index contributed by atoms with van der Waals surface area (Å²) in [6, 6.07) is 6.06. The summed E-state index contributed by atoms with van der Waals surface area (Å²) in [5.74, 6) is 0.873. The molecular formula is C13H15NO2. The summed E-state index contributed by atoms with van der Waals surface area (Å²) in [7, 11) is 3.67. The Hall–Kier alpha value is -1.77. The van der Waals surface area contributed by atoms with Gasteiger partial charge in [-0.3, -0.25) is 0 Å². The number of aryl methyl sites for hydroxylation is 2. The molecule has 0 fully saturated rings. The van der Waals surface area contributed by atoms with Gasteiger partial charge >= 0.3 is 0 Å². The van der Waals surface area contributed by atoms with E-state index in [2.05, 4.69) is 6.07 Å². The Balaban J connectivity index is 2.57. The van der Waals surface area contributed by atoms with Crippen LogP contribution in [0.5, 0.6) is 5.75 Å². The minimum atomic E-state index is 0.566. The van der Waals surface area contributed by atoms with Crippen molar-refractivity contribution in [1.29, 1.82) is 0 Å². The Bertz CT molecular complexity index is 514. The summed E-state index contributed by atoms with van der Waals surface area (Å²) >= 11 is 0. The lowest BCUT2D eigenvalue weighted by atomic mass is 10.1. The summed E-state index contributed by atoms with van der Waals surface area (Å²) in [6.45, 7) is 0. The molecule has 0 bridgehead atoms. The Labute approximate surface area is 94.6 Å². The van der Waals surface area contributed by atoms with Gasteiger partial charge in [-0.1, -0.05) is 6.07 Å². The number of ether oxygens (including phenoxy) is 1. The lowest BCUT2D eigenvalue weighted by Gasteiger charge is -2.08. The maximum Gasteiger partial charge on any atom is 0.143 e. The van der Waals surface area contributed by atoms with Crippen LogP contribution in [0.25, 0.3) is 10.9 Å². The minimum Gasteiger partial charge on any atom is -0.495 e. The normalized spacial score (nSPS) is 10.6. The molecule has 0 aliphatic carbocycles. The second-order valence-corrected chi connectivity index (χ2v) is 3.82. The number of hydrogen-bond acceptors (Lipinski definition) is 2. The number of benzene rings is 1. The SMILES string of the molecule is COc1ccc(CCC=O)c2ccn(C)c12. The molecule has 1 aromatic heterocycles. The molecule has 0 saturated carbocycles. The zero-order valence-electron chi connectivity index (χ0n) is 9.56. The van der Waals surface area contributed by atoms with E-state index in [1.807, 2.05) is 29.9 Å². The molecule has 2 rings (SSSR count). The van der Waals surface area contributed by atoms with Crippen LogP contribution < -0.4 is 4.74 Å². The highest BCUT2D eigenvalue weighted by atomic mass is 16.5. The van der Waals surface area contributed by atoms with Crippen molar-refractivity contribution in [1.82, 2.24) is 4.57 Å². The van der Waals surface area contributed by atoms with Gasteiger partial charge in [0.1, 0.15) is 12.0 Å². The summed E-state index contributed by atoms with van der Waals surface area (Å²) < 4.78 is 7.38. The molecule has 1 heterocycles. The van der Waals surface area contributed by atoms with Gasteiger partial charge in [0.05, 0.1) is 12.6 Å². The van der Waals surface area contributed by atoms with Crippen molar-refractivity contribution in [2.24, 2.45) is 7.05 Å². The third-order valence-corrected chi connectivity index (χ3v) is 2.84. The lowest BCUT2D eigenvalue weighted by molar-refractivity contribution is -0.107. The monoisotopic (exact) mass is 217 g/mol. The van der Waals surface area contributed by atoms with E-state index in [9.17, 15) is 4.79 Å². The number of rotatable bonds is 4. The molecule has 3 nitrogen and oxygen atoms in total. The molecule has 3 heteroatoms. The van der Waals surface area contributed by atoms with Gasteiger partial charge in [-0.2, -0.15) is 0 Å². The van der Waals surface area contributed by atoms with Crippen LogP contribution in [0.2, 0.25) is 0 Å². The molecule has 0 aliphatic heterocycles. The zero-order valence-corrected chi connectivity index (χ0v) is 9.56. The number of nitrogens with zero attached hydrogens (tertiary/aromatic N) is 1. The fourth-order valence-electron chi connectivity index (χ4n) is 2.04. The number of carbonyl (C=O) groups excluding carboxylic acids is 1. The van der Waals surface area contributed by atoms with E-state index in [1.165, 1.54) is 10.9 Å². The average Bonchev–Trinajstić information content (AvgIpc) is 2.69. The molecule has 0 radical (unpaired) electrons. The highest BCUT2D eigenvalue weighted by molar-refractivity contribution is 5.89. The van der Waals surface area contributed by atoms with Crippen LogP contribution in [-0.2, 0) is 18.3 Å². The van der Waals surface area contributed by atoms with Crippen LogP contribution in [0.15, 0.2) is 24.4 Å². The highest BCUT2D eigenvalue weighted by Gasteiger charge is 2.09. The summed E-state index contributed by atoms with van der Waals surface area (Å²) in [5, 5.41) is 1.17. The van der Waals surface area contributed by atoms with Crippen LogP contribution in [0, 0.1) is 0 Å². The molecule has 0 aliphatic rings. The highest BCUT2D eigenvalue weighted by Crippen LogP contribution is 2.29. The van der Waals surface area contributed by atoms with Crippen molar-refractivity contribution in [3.8, 4) is 5.75 Å². The molecule has 0 saturated heterocycles. The number of methoxy groups -OCH3 is 1. The van der Waals surface area contributed by atoms with E-state index in [4.69, 9.17) is 4.74 Å². The smallest absolute Gasteiger partial charge is 0.143 e. The minimum absolute atomic E-state index is 0.566. The predicted molar refractivity (Wildman–Crippen MR) is 63.9 cm³/mol. The largest absolute Gasteiger partial charge is 0.495 e. The number of aldehydes is 1. The number of carbonyl (C=O) groups is 1. The third-order valence-electron chi connectivity index (χ3n) is 2.84. The molecule has 0 atom stereocenters. The van der Waals surface area contributed by atoms with E-state index >= 15 is 0 Å². The molecule has 0 unspecified atom stereocenters. The van der Waals surface area contributed by atoms with Crippen molar-refractivity contribution in [2.75, 3.05) is 7.11 Å². The van der Waals surface area contributed by atoms with Crippen LogP contribution >= 0.6 is 0 Å². The molecule has 84 valence electrons. The fraction of sp³-hybridized carbons (Fsp3) is 0.308. The van der Waals surface area contributed by atoms with Gasteiger partial charge < -0.3 is 14.1 Å². The van der Waals surface area contributed by atoms with Crippen molar-refractivity contribution >= 4 is 17.2 Å². The Morgan fingerprint density at radius 1 is 1.38 bits per heavy atom. The topological polar surface area (TPSA) is 31.2 Å². The maximum absolute atomic E-state index is 10.4. The van der Waals surface area contributed by atoms with Crippen LogP contribution in [-0.4, -0.2) is 18.0 Å². The van der Waals surface area contributed by atoms with Gasteiger partial charge in [0.2, 0.25) is 0 Å². The van der Waals surface area contributed by atoms with Crippen LogP contribution in [0.3, 0.4) is 0 Å². The standard InChI is InChI=1S/C13H15NO2/c1-14-8-7-11-10(4-3-9-15)5-6-12(16-2)13(11)14/h5-9H,3-4H2,1-2H3. The zero-order chi connectivity index (χ0) is 11.5. The van der Waals surface area contributed by atoms with E-state index in [-0.39, 0.29) is 0 Å².